The van der Waals surface area contributed by atoms with Crippen LogP contribution in [0.15, 0.2) is 35.5 Å². The number of carbonyl (C=O) groups is 1. The third kappa shape index (κ3) is 10.7. The molecule has 2 nitrogen and oxygen atoms in total. The Labute approximate surface area is 124 Å². The van der Waals surface area contributed by atoms with E-state index < -0.39 is 0 Å². The van der Waals surface area contributed by atoms with Crippen molar-refractivity contribution in [1.82, 2.24) is 0 Å². The minimum absolute atomic E-state index is 0.251. The summed E-state index contributed by atoms with van der Waals surface area (Å²) in [6.07, 6.45) is 9.26. The summed E-state index contributed by atoms with van der Waals surface area (Å²) in [5.41, 5.74) is 3.50. The molecule has 2 heteroatoms. The molecule has 0 aromatic carbocycles. The summed E-state index contributed by atoms with van der Waals surface area (Å²) >= 11 is 0. The molecule has 0 radical (unpaired) electrons. The van der Waals surface area contributed by atoms with Gasteiger partial charge in [0.05, 0.1) is 6.10 Å². The molecule has 0 saturated heterocycles. The topological polar surface area (TPSA) is 37.3 Å². The van der Waals surface area contributed by atoms with E-state index in [0.29, 0.717) is 6.42 Å². The zero-order valence-electron chi connectivity index (χ0n) is 13.5. The van der Waals surface area contributed by atoms with Crippen LogP contribution in [-0.4, -0.2) is 17.0 Å². The van der Waals surface area contributed by atoms with Crippen molar-refractivity contribution < 1.29 is 9.90 Å². The minimum atomic E-state index is -0.383. The van der Waals surface area contributed by atoms with Gasteiger partial charge in [0, 0.05) is 6.42 Å². The van der Waals surface area contributed by atoms with Gasteiger partial charge in [0.15, 0.2) is 0 Å². The predicted octanol–water partition coefficient (Wildman–Crippen LogP) is 4.75. The Morgan fingerprint density at radius 1 is 1.00 bits per heavy atom. The lowest BCUT2D eigenvalue weighted by Gasteiger charge is -2.09. The largest absolute Gasteiger partial charge is 0.389 e. The maximum Gasteiger partial charge on any atom is 0.130 e. The number of hydrogen-bond acceptors (Lipinski definition) is 2. The Kier molecular flexibility index (Phi) is 10.0. The molecule has 0 unspecified atom stereocenters. The van der Waals surface area contributed by atoms with Gasteiger partial charge in [0.1, 0.15) is 5.78 Å². The highest BCUT2D eigenvalue weighted by Gasteiger charge is 2.03. The van der Waals surface area contributed by atoms with E-state index in [-0.39, 0.29) is 11.9 Å². The molecule has 1 N–H and O–H groups in total. The fraction of sp³-hybridized carbons (Fsp3) is 0.611. The first-order chi connectivity index (χ1) is 9.32. The third-order valence-corrected chi connectivity index (χ3v) is 3.40. The Morgan fingerprint density at radius 2 is 1.50 bits per heavy atom. The van der Waals surface area contributed by atoms with Gasteiger partial charge in [-0.2, -0.15) is 0 Å². The van der Waals surface area contributed by atoms with Crippen LogP contribution in [0.1, 0.15) is 66.2 Å². The van der Waals surface area contributed by atoms with Gasteiger partial charge in [-0.25, -0.2) is 0 Å². The highest BCUT2D eigenvalue weighted by atomic mass is 16.3. The second-order valence-corrected chi connectivity index (χ2v) is 5.78. The SMILES string of the molecule is C=C(C)[C@@H](O)CC/C(C)=C/CC/C(C)=C/CCC(C)=O. The molecular formula is C18H30O2. The molecule has 0 aliphatic heterocycles. The molecule has 0 saturated carbocycles. The number of aliphatic hydroxyl groups is 1. The van der Waals surface area contributed by atoms with Crippen LogP contribution >= 0.6 is 0 Å². The monoisotopic (exact) mass is 278 g/mol. The van der Waals surface area contributed by atoms with E-state index in [4.69, 9.17) is 0 Å². The summed E-state index contributed by atoms with van der Waals surface area (Å²) in [5, 5.41) is 9.67. The summed E-state index contributed by atoms with van der Waals surface area (Å²) in [4.78, 5) is 10.8. The molecule has 0 aliphatic rings. The van der Waals surface area contributed by atoms with Crippen LogP contribution < -0.4 is 0 Å². The molecule has 20 heavy (non-hydrogen) atoms. The fourth-order valence-electron chi connectivity index (χ4n) is 1.88. The van der Waals surface area contributed by atoms with E-state index in [1.807, 2.05) is 6.92 Å². The van der Waals surface area contributed by atoms with Gasteiger partial charge in [-0.3, -0.25) is 0 Å². The standard InChI is InChI=1S/C18H30O2/c1-14(2)18(20)13-12-16(4)9-6-8-15(3)10-7-11-17(5)19/h9-10,18,20H,1,6-8,11-13H2,2-5H3/b15-10+,16-9+/t18-/m0/s1. The first-order valence-corrected chi connectivity index (χ1v) is 7.47. The lowest BCUT2D eigenvalue weighted by molar-refractivity contribution is -0.116. The molecule has 0 aliphatic carbocycles. The lowest BCUT2D eigenvalue weighted by atomic mass is 10.0. The van der Waals surface area contributed by atoms with Crippen molar-refractivity contribution in [1.29, 1.82) is 0 Å². The zero-order chi connectivity index (χ0) is 15.5. The van der Waals surface area contributed by atoms with Gasteiger partial charge in [-0.05, 0) is 59.8 Å². The summed E-state index contributed by atoms with van der Waals surface area (Å²) in [7, 11) is 0. The zero-order valence-corrected chi connectivity index (χ0v) is 13.5. The van der Waals surface area contributed by atoms with Gasteiger partial charge in [0.25, 0.3) is 0 Å². The van der Waals surface area contributed by atoms with Crippen molar-refractivity contribution in [3.63, 3.8) is 0 Å². The third-order valence-electron chi connectivity index (χ3n) is 3.40. The lowest BCUT2D eigenvalue weighted by Crippen LogP contribution is -2.06. The molecule has 1 atom stereocenters. The summed E-state index contributed by atoms with van der Waals surface area (Å²) < 4.78 is 0. The highest BCUT2D eigenvalue weighted by Crippen LogP contribution is 2.14. The molecule has 0 amide bonds. The average Bonchev–Trinajstić information content (AvgIpc) is 2.35. The normalized spacial score (nSPS) is 14.2. The van der Waals surface area contributed by atoms with Crippen molar-refractivity contribution in [2.75, 3.05) is 0 Å². The first kappa shape index (κ1) is 18.9. The van der Waals surface area contributed by atoms with E-state index >= 15 is 0 Å². The van der Waals surface area contributed by atoms with Crippen molar-refractivity contribution in [3.8, 4) is 0 Å². The molecule has 0 bridgehead atoms. The number of hydrogen-bond donors (Lipinski definition) is 1. The quantitative estimate of drug-likeness (QED) is 0.586. The van der Waals surface area contributed by atoms with Gasteiger partial charge in [-0.1, -0.05) is 35.5 Å². The number of carbonyl (C=O) groups excluding carboxylic acids is 1. The van der Waals surface area contributed by atoms with Crippen LogP contribution in [0.4, 0.5) is 0 Å². The van der Waals surface area contributed by atoms with Crippen LogP contribution in [0.5, 0.6) is 0 Å². The molecule has 0 heterocycles. The van der Waals surface area contributed by atoms with Gasteiger partial charge >= 0.3 is 0 Å². The molecule has 0 spiro atoms. The van der Waals surface area contributed by atoms with Crippen molar-refractivity contribution in [3.05, 3.63) is 35.5 Å². The smallest absolute Gasteiger partial charge is 0.130 e. The van der Waals surface area contributed by atoms with Crippen molar-refractivity contribution in [2.45, 2.75) is 72.3 Å². The van der Waals surface area contributed by atoms with Crippen LogP contribution in [0, 0.1) is 0 Å². The van der Waals surface area contributed by atoms with E-state index in [2.05, 4.69) is 32.6 Å². The van der Waals surface area contributed by atoms with Gasteiger partial charge in [0.2, 0.25) is 0 Å². The van der Waals surface area contributed by atoms with Crippen LogP contribution in [0.25, 0.3) is 0 Å². The van der Waals surface area contributed by atoms with E-state index in [0.717, 1.165) is 37.7 Å². The van der Waals surface area contributed by atoms with Gasteiger partial charge < -0.3 is 9.90 Å². The number of allylic oxidation sites excluding steroid dienone is 4. The van der Waals surface area contributed by atoms with E-state index in [1.165, 1.54) is 11.1 Å². The Balaban J connectivity index is 3.92. The molecule has 0 fully saturated rings. The first-order valence-electron chi connectivity index (χ1n) is 7.47. The maximum absolute atomic E-state index is 10.8. The molecule has 0 aromatic heterocycles. The van der Waals surface area contributed by atoms with Crippen LogP contribution in [0.3, 0.4) is 0 Å². The van der Waals surface area contributed by atoms with Crippen molar-refractivity contribution in [2.24, 2.45) is 0 Å². The number of ketones is 1. The summed E-state index contributed by atoms with van der Waals surface area (Å²) in [6.45, 7) is 11.5. The molecule has 114 valence electrons. The number of Topliss-reactive ketones (excluding diaryl/α,β-unsaturated/α-hetero) is 1. The Morgan fingerprint density at radius 3 is 2.00 bits per heavy atom. The van der Waals surface area contributed by atoms with E-state index in [1.54, 1.807) is 6.92 Å². The fourth-order valence-corrected chi connectivity index (χ4v) is 1.88. The number of aliphatic hydroxyl groups excluding tert-OH is 1. The minimum Gasteiger partial charge on any atom is -0.389 e. The van der Waals surface area contributed by atoms with Crippen LogP contribution in [0.2, 0.25) is 0 Å². The molecule has 0 rings (SSSR count). The Bertz CT molecular complexity index is 375. The highest BCUT2D eigenvalue weighted by molar-refractivity contribution is 5.75. The maximum atomic E-state index is 10.8. The van der Waals surface area contributed by atoms with Crippen LogP contribution in [-0.2, 0) is 4.79 Å². The summed E-state index contributed by atoms with van der Waals surface area (Å²) in [6, 6.07) is 0. The molecular weight excluding hydrogens is 248 g/mol. The molecule has 0 aromatic rings. The number of rotatable bonds is 10. The van der Waals surface area contributed by atoms with Crippen molar-refractivity contribution >= 4 is 5.78 Å². The second-order valence-electron chi connectivity index (χ2n) is 5.78. The van der Waals surface area contributed by atoms with E-state index in [9.17, 15) is 9.90 Å². The summed E-state index contributed by atoms with van der Waals surface area (Å²) in [5.74, 6) is 0.251. The second kappa shape index (κ2) is 10.6. The van der Waals surface area contributed by atoms with Gasteiger partial charge in [-0.15, -0.1) is 0 Å². The average molecular weight is 278 g/mol. The predicted molar refractivity (Wildman–Crippen MR) is 86.7 cm³/mol. The Hall–Kier alpha value is -1.15.